The molecule has 3 aliphatic carbocycles. The molecule has 50 heavy (non-hydrogen) atoms. The molecule has 1 heteroatoms. The van der Waals surface area contributed by atoms with Gasteiger partial charge in [0.2, 0.25) is 0 Å². The first-order chi connectivity index (χ1) is 24.7. The number of hydrogen-bond donors (Lipinski definition) is 0. The molecule has 0 aliphatic heterocycles. The molecule has 0 N–H and O–H groups in total. The van der Waals surface area contributed by atoms with Crippen LogP contribution in [-0.2, 0) is 11.8 Å². The van der Waals surface area contributed by atoms with Gasteiger partial charge in [-0.1, -0.05) is 164 Å². The van der Waals surface area contributed by atoms with Crippen LogP contribution in [0.15, 0.2) is 200 Å². The fourth-order valence-corrected chi connectivity index (χ4v) is 8.43. The van der Waals surface area contributed by atoms with Crippen LogP contribution in [0.3, 0.4) is 0 Å². The Labute approximate surface area is 295 Å². The molecule has 238 valence electrons. The Morgan fingerprint density at radius 2 is 1.16 bits per heavy atom. The average molecular weight is 640 g/mol. The lowest BCUT2D eigenvalue weighted by atomic mass is 9.65. The van der Waals surface area contributed by atoms with Crippen LogP contribution in [0.5, 0.6) is 0 Å². The highest BCUT2D eigenvalue weighted by Gasteiger charge is 2.47. The number of nitrogens with zero attached hydrogens (tertiary/aromatic N) is 1. The van der Waals surface area contributed by atoms with Crippen LogP contribution in [0.1, 0.15) is 45.4 Å². The van der Waals surface area contributed by atoms with E-state index in [4.69, 9.17) is 0 Å². The molecule has 0 amide bonds. The molecule has 0 aromatic heterocycles. The fourth-order valence-electron chi connectivity index (χ4n) is 8.43. The van der Waals surface area contributed by atoms with Gasteiger partial charge in [0.05, 0.1) is 5.41 Å². The predicted molar refractivity (Wildman–Crippen MR) is 210 cm³/mol. The topological polar surface area (TPSA) is 3.24 Å². The minimum Gasteiger partial charge on any atom is -0.314 e. The van der Waals surface area contributed by atoms with Crippen molar-refractivity contribution in [3.8, 4) is 11.1 Å². The van der Waals surface area contributed by atoms with Crippen molar-refractivity contribution >= 4 is 22.5 Å². The van der Waals surface area contributed by atoms with Crippen molar-refractivity contribution in [1.82, 2.24) is 0 Å². The normalized spacial score (nSPS) is 16.6. The summed E-state index contributed by atoms with van der Waals surface area (Å²) in [6, 6.07) is 55.7. The zero-order valence-electron chi connectivity index (χ0n) is 28.0. The van der Waals surface area contributed by atoms with Crippen molar-refractivity contribution in [2.45, 2.75) is 18.3 Å². The predicted octanol–water partition coefficient (Wildman–Crippen LogP) is 12.2. The van der Waals surface area contributed by atoms with E-state index in [0.717, 1.165) is 29.8 Å². The summed E-state index contributed by atoms with van der Waals surface area (Å²) in [6.07, 6.45) is 14.9. The maximum atomic E-state index is 4.51. The first-order valence-electron chi connectivity index (χ1n) is 17.5. The summed E-state index contributed by atoms with van der Waals surface area (Å²) in [6.45, 7) is 4.51. The van der Waals surface area contributed by atoms with Gasteiger partial charge in [-0.3, -0.25) is 0 Å². The number of para-hydroxylation sites is 1. The Balaban J connectivity index is 1.28. The number of rotatable bonds is 6. The lowest BCUT2D eigenvalue weighted by molar-refractivity contribution is 0.756. The van der Waals surface area contributed by atoms with Crippen LogP contribution in [0.4, 0.5) is 11.4 Å². The number of anilines is 2. The van der Waals surface area contributed by atoms with Gasteiger partial charge in [-0.15, -0.1) is 0 Å². The van der Waals surface area contributed by atoms with Gasteiger partial charge in [0.1, 0.15) is 0 Å². The van der Waals surface area contributed by atoms with Crippen LogP contribution in [0, 0.1) is 0 Å². The molecule has 0 spiro atoms. The molecule has 0 heterocycles. The van der Waals surface area contributed by atoms with Crippen LogP contribution in [0.25, 0.3) is 22.3 Å². The highest BCUT2D eigenvalue weighted by molar-refractivity contribution is 5.88. The van der Waals surface area contributed by atoms with Crippen molar-refractivity contribution in [2.75, 3.05) is 4.90 Å². The molecule has 6 aromatic rings. The van der Waals surface area contributed by atoms with Crippen LogP contribution in [0.2, 0.25) is 0 Å². The van der Waals surface area contributed by atoms with E-state index >= 15 is 0 Å². The summed E-state index contributed by atoms with van der Waals surface area (Å²) in [4.78, 5) is 2.45. The zero-order chi connectivity index (χ0) is 33.5. The number of hydrogen-bond acceptors (Lipinski definition) is 1. The summed E-state index contributed by atoms with van der Waals surface area (Å²) in [5.41, 5.74) is 17.0. The van der Waals surface area contributed by atoms with Crippen LogP contribution in [-0.4, -0.2) is 0 Å². The third kappa shape index (κ3) is 4.77. The highest BCUT2D eigenvalue weighted by atomic mass is 15.1. The standard InChI is InChI=1S/C49H37N/c1-35-17-5-2-10-24-43-42(35)27-16-30-48(43)49(46-28-13-11-25-44(46)45-26-12-14-29-47(45)49)38-20-15-23-40(34-38)50(39-21-8-4-9-22-39)41-32-31-37(33-41)36-18-6-3-7-19-36/h2-23,25-32,34H,1,24,33H2/b10-2-,17-5-. The smallest absolute Gasteiger partial charge is 0.0717 e. The third-order valence-electron chi connectivity index (χ3n) is 10.6. The van der Waals surface area contributed by atoms with E-state index in [1.54, 1.807) is 0 Å². The van der Waals surface area contributed by atoms with Crippen molar-refractivity contribution < 1.29 is 0 Å². The van der Waals surface area contributed by atoms with E-state index in [0.29, 0.717) is 0 Å². The molecule has 0 saturated heterocycles. The molecule has 0 fully saturated rings. The lowest BCUT2D eigenvalue weighted by Gasteiger charge is -2.37. The molecule has 1 nitrogen and oxygen atoms in total. The van der Waals surface area contributed by atoms with Crippen molar-refractivity contribution in [3.63, 3.8) is 0 Å². The lowest BCUT2D eigenvalue weighted by Crippen LogP contribution is -2.31. The quantitative estimate of drug-likeness (QED) is 0.175. The monoisotopic (exact) mass is 639 g/mol. The summed E-state index contributed by atoms with van der Waals surface area (Å²) >= 11 is 0. The number of fused-ring (bicyclic) bond motifs is 4. The first kappa shape index (κ1) is 29.9. The highest BCUT2D eigenvalue weighted by Crippen LogP contribution is 2.57. The first-order valence-corrected chi connectivity index (χ1v) is 17.5. The Morgan fingerprint density at radius 3 is 1.92 bits per heavy atom. The van der Waals surface area contributed by atoms with Crippen molar-refractivity contribution in [3.05, 3.63) is 239 Å². The Kier molecular flexibility index (Phi) is 7.40. The molecule has 0 unspecified atom stereocenters. The van der Waals surface area contributed by atoms with Gasteiger partial charge in [-0.05, 0) is 98.0 Å². The average Bonchev–Trinajstić information content (AvgIpc) is 3.77. The van der Waals surface area contributed by atoms with E-state index < -0.39 is 5.41 Å². The summed E-state index contributed by atoms with van der Waals surface area (Å²) in [5, 5.41) is 0. The molecule has 0 atom stereocenters. The molecule has 3 aliphatic rings. The van der Waals surface area contributed by atoms with Gasteiger partial charge in [0, 0.05) is 23.5 Å². The number of benzene rings is 6. The van der Waals surface area contributed by atoms with Crippen molar-refractivity contribution in [2.24, 2.45) is 0 Å². The molecule has 0 bridgehead atoms. The molecule has 0 saturated carbocycles. The van der Waals surface area contributed by atoms with E-state index in [-0.39, 0.29) is 0 Å². The van der Waals surface area contributed by atoms with Gasteiger partial charge >= 0.3 is 0 Å². The Hall–Kier alpha value is -6.18. The van der Waals surface area contributed by atoms with Gasteiger partial charge in [-0.25, -0.2) is 0 Å². The van der Waals surface area contributed by atoms with Gasteiger partial charge < -0.3 is 4.90 Å². The Morgan fingerprint density at radius 1 is 0.540 bits per heavy atom. The van der Waals surface area contributed by atoms with E-state index in [9.17, 15) is 0 Å². The van der Waals surface area contributed by atoms with Gasteiger partial charge in [-0.2, -0.15) is 0 Å². The maximum absolute atomic E-state index is 4.51. The summed E-state index contributed by atoms with van der Waals surface area (Å²) in [7, 11) is 0. The van der Waals surface area contributed by atoms with Crippen molar-refractivity contribution in [1.29, 1.82) is 0 Å². The number of allylic oxidation sites excluding steroid dienone is 8. The zero-order valence-corrected chi connectivity index (χ0v) is 28.0. The second kappa shape index (κ2) is 12.4. The fraction of sp³-hybridized carbons (Fsp3) is 0.0612. The SMILES string of the molecule is C=C1/C=C\C=C/Cc2c1cccc2C1(c2cccc(N(C3=CC=C(c4ccccc4)C3)c3ccccc3)c2)c2ccccc2-c2ccccc21. The molecule has 0 radical (unpaired) electrons. The molecular formula is C49H37N. The maximum Gasteiger partial charge on any atom is 0.0717 e. The third-order valence-corrected chi connectivity index (χ3v) is 10.6. The van der Waals surface area contributed by atoms with Gasteiger partial charge in [0.25, 0.3) is 0 Å². The van der Waals surface area contributed by atoms with E-state index in [1.807, 2.05) is 0 Å². The minimum atomic E-state index is -0.536. The van der Waals surface area contributed by atoms with Gasteiger partial charge in [0.15, 0.2) is 0 Å². The van der Waals surface area contributed by atoms with Crippen LogP contribution < -0.4 is 4.90 Å². The Bertz CT molecular complexity index is 2340. The van der Waals surface area contributed by atoms with E-state index in [2.05, 4.69) is 200 Å². The van der Waals surface area contributed by atoms with Crippen LogP contribution >= 0.6 is 0 Å². The second-order valence-electron chi connectivity index (χ2n) is 13.3. The summed E-state index contributed by atoms with van der Waals surface area (Å²) in [5.74, 6) is 0. The summed E-state index contributed by atoms with van der Waals surface area (Å²) < 4.78 is 0. The largest absolute Gasteiger partial charge is 0.314 e. The molecule has 6 aromatic carbocycles. The van der Waals surface area contributed by atoms with E-state index in [1.165, 1.54) is 61.3 Å². The molecule has 9 rings (SSSR count). The molecular weight excluding hydrogens is 603 g/mol. The minimum absolute atomic E-state index is 0.536. The second-order valence-corrected chi connectivity index (χ2v) is 13.3.